The van der Waals surface area contributed by atoms with Crippen molar-refractivity contribution in [2.75, 3.05) is 39.3 Å². The number of nitrogens with zero attached hydrogens (tertiary/aromatic N) is 2. The summed E-state index contributed by atoms with van der Waals surface area (Å²) in [5, 5.41) is 3.02. The fourth-order valence-corrected chi connectivity index (χ4v) is 5.21. The summed E-state index contributed by atoms with van der Waals surface area (Å²) in [5.74, 6) is 0.147. The highest BCUT2D eigenvalue weighted by Gasteiger charge is 2.29. The number of sulfonamides is 1. The predicted molar refractivity (Wildman–Crippen MR) is 101 cm³/mol. The van der Waals surface area contributed by atoms with Gasteiger partial charge in [0.2, 0.25) is 15.9 Å². The number of rotatable bonds is 6. The molecule has 150 valence electrons. The number of hydrogen-bond donors (Lipinski definition) is 1. The van der Waals surface area contributed by atoms with Crippen LogP contribution in [0.1, 0.15) is 32.1 Å². The van der Waals surface area contributed by atoms with Gasteiger partial charge in [-0.25, -0.2) is 12.8 Å². The summed E-state index contributed by atoms with van der Waals surface area (Å²) in [6.07, 6.45) is 6.20. The van der Waals surface area contributed by atoms with Gasteiger partial charge in [-0.1, -0.05) is 19.3 Å². The van der Waals surface area contributed by atoms with Crippen molar-refractivity contribution in [3.63, 3.8) is 0 Å². The van der Waals surface area contributed by atoms with Crippen molar-refractivity contribution >= 4 is 15.9 Å². The molecule has 0 atom stereocenters. The van der Waals surface area contributed by atoms with Gasteiger partial charge in [0.15, 0.2) is 0 Å². The molecular formula is C19H28FN3O3S. The molecule has 0 bridgehead atoms. The lowest BCUT2D eigenvalue weighted by Crippen LogP contribution is -2.51. The summed E-state index contributed by atoms with van der Waals surface area (Å²) < 4.78 is 39.6. The molecule has 1 heterocycles. The maximum Gasteiger partial charge on any atom is 0.243 e. The lowest BCUT2D eigenvalue weighted by molar-refractivity contribution is -0.122. The van der Waals surface area contributed by atoms with Crippen LogP contribution in [0, 0.1) is 11.7 Å². The van der Waals surface area contributed by atoms with Crippen LogP contribution in [0.15, 0.2) is 29.2 Å². The number of piperazine rings is 1. The topological polar surface area (TPSA) is 69.7 Å². The zero-order chi connectivity index (χ0) is 19.3. The van der Waals surface area contributed by atoms with E-state index in [-0.39, 0.29) is 10.8 Å². The molecular weight excluding hydrogens is 369 g/mol. The summed E-state index contributed by atoms with van der Waals surface area (Å²) in [7, 11) is -3.62. The van der Waals surface area contributed by atoms with E-state index in [0.717, 1.165) is 18.7 Å². The van der Waals surface area contributed by atoms with Gasteiger partial charge in [0.1, 0.15) is 5.82 Å². The Labute approximate surface area is 160 Å². The molecule has 1 aliphatic heterocycles. The number of carbonyl (C=O) groups is 1. The smallest absolute Gasteiger partial charge is 0.243 e. The number of hydrogen-bond acceptors (Lipinski definition) is 4. The highest BCUT2D eigenvalue weighted by Crippen LogP contribution is 2.22. The summed E-state index contributed by atoms with van der Waals surface area (Å²) >= 11 is 0. The maximum absolute atomic E-state index is 13.0. The van der Waals surface area contributed by atoms with E-state index in [0.29, 0.717) is 38.6 Å². The molecule has 0 spiro atoms. The summed E-state index contributed by atoms with van der Waals surface area (Å²) in [5.41, 5.74) is 0. The molecule has 0 radical (unpaired) electrons. The maximum atomic E-state index is 13.0. The monoisotopic (exact) mass is 397 g/mol. The Balaban J connectivity index is 1.44. The quantitative estimate of drug-likeness (QED) is 0.795. The predicted octanol–water partition coefficient (Wildman–Crippen LogP) is 1.83. The van der Waals surface area contributed by atoms with Crippen LogP contribution in [0.2, 0.25) is 0 Å². The van der Waals surface area contributed by atoms with Gasteiger partial charge in [0.05, 0.1) is 11.4 Å². The average molecular weight is 398 g/mol. The molecule has 8 heteroatoms. The van der Waals surface area contributed by atoms with E-state index in [4.69, 9.17) is 0 Å². The van der Waals surface area contributed by atoms with Crippen LogP contribution in [0.25, 0.3) is 0 Å². The van der Waals surface area contributed by atoms with Gasteiger partial charge in [0.25, 0.3) is 0 Å². The van der Waals surface area contributed by atoms with Gasteiger partial charge in [-0.2, -0.15) is 4.31 Å². The van der Waals surface area contributed by atoms with Gasteiger partial charge in [0, 0.05) is 32.7 Å². The lowest BCUT2D eigenvalue weighted by Gasteiger charge is -2.33. The Hall–Kier alpha value is -1.51. The number of amides is 1. The third-order valence-corrected chi connectivity index (χ3v) is 7.38. The van der Waals surface area contributed by atoms with Gasteiger partial charge < -0.3 is 5.32 Å². The third-order valence-electron chi connectivity index (χ3n) is 5.46. The van der Waals surface area contributed by atoms with Crippen molar-refractivity contribution in [1.29, 1.82) is 0 Å². The number of carbonyl (C=O) groups excluding carboxylic acids is 1. The first-order valence-corrected chi connectivity index (χ1v) is 11.1. The van der Waals surface area contributed by atoms with Crippen LogP contribution in [0.3, 0.4) is 0 Å². The van der Waals surface area contributed by atoms with E-state index in [9.17, 15) is 17.6 Å². The minimum atomic E-state index is -3.62. The van der Waals surface area contributed by atoms with E-state index in [2.05, 4.69) is 5.32 Å². The normalized spacial score (nSPS) is 20.5. The van der Waals surface area contributed by atoms with Crippen molar-refractivity contribution in [2.24, 2.45) is 5.92 Å². The first-order chi connectivity index (χ1) is 12.9. The Morgan fingerprint density at radius 1 is 1.04 bits per heavy atom. The fourth-order valence-electron chi connectivity index (χ4n) is 3.79. The molecule has 6 nitrogen and oxygen atoms in total. The molecule has 1 aromatic carbocycles. The zero-order valence-corrected chi connectivity index (χ0v) is 16.4. The SMILES string of the molecule is O=C(CN1CCN(S(=O)(=O)c2ccc(F)cc2)CC1)NCC1CCCCC1. The largest absolute Gasteiger partial charge is 0.355 e. The summed E-state index contributed by atoms with van der Waals surface area (Å²) in [6.45, 7) is 2.73. The van der Waals surface area contributed by atoms with Crippen molar-refractivity contribution < 1.29 is 17.6 Å². The van der Waals surface area contributed by atoms with Gasteiger partial charge in [-0.15, -0.1) is 0 Å². The van der Waals surface area contributed by atoms with E-state index in [1.807, 2.05) is 4.90 Å². The first-order valence-electron chi connectivity index (χ1n) is 9.70. The molecule has 2 fully saturated rings. The number of nitrogens with one attached hydrogen (secondary N) is 1. The van der Waals surface area contributed by atoms with Gasteiger partial charge in [-0.05, 0) is 43.0 Å². The van der Waals surface area contributed by atoms with Gasteiger partial charge in [-0.3, -0.25) is 9.69 Å². The second-order valence-electron chi connectivity index (χ2n) is 7.44. The highest BCUT2D eigenvalue weighted by atomic mass is 32.2. The molecule has 2 aliphatic rings. The molecule has 1 saturated heterocycles. The second kappa shape index (κ2) is 9.12. The number of halogens is 1. The molecule has 1 aromatic rings. The Kier molecular flexibility index (Phi) is 6.83. The van der Waals surface area contributed by atoms with Crippen LogP contribution in [0.4, 0.5) is 4.39 Å². The molecule has 0 unspecified atom stereocenters. The molecule has 3 rings (SSSR count). The average Bonchev–Trinajstić information content (AvgIpc) is 2.68. The lowest BCUT2D eigenvalue weighted by atomic mass is 9.89. The first kappa shape index (κ1) is 20.2. The molecule has 0 aromatic heterocycles. The van der Waals surface area contributed by atoms with E-state index >= 15 is 0 Å². The number of benzene rings is 1. The standard InChI is InChI=1S/C19H28FN3O3S/c20-17-6-8-18(9-7-17)27(25,26)23-12-10-22(11-13-23)15-19(24)21-14-16-4-2-1-3-5-16/h6-9,16H,1-5,10-15H2,(H,21,24). The van der Waals surface area contributed by atoms with Crippen molar-refractivity contribution in [3.8, 4) is 0 Å². The zero-order valence-electron chi connectivity index (χ0n) is 15.6. The van der Waals surface area contributed by atoms with E-state index in [1.165, 1.54) is 48.5 Å². The van der Waals surface area contributed by atoms with Crippen LogP contribution in [-0.2, 0) is 14.8 Å². The van der Waals surface area contributed by atoms with Crippen LogP contribution >= 0.6 is 0 Å². The van der Waals surface area contributed by atoms with Crippen molar-refractivity contribution in [3.05, 3.63) is 30.1 Å². The van der Waals surface area contributed by atoms with Crippen molar-refractivity contribution in [2.45, 2.75) is 37.0 Å². The van der Waals surface area contributed by atoms with E-state index < -0.39 is 15.8 Å². The minimum Gasteiger partial charge on any atom is -0.355 e. The highest BCUT2D eigenvalue weighted by molar-refractivity contribution is 7.89. The van der Waals surface area contributed by atoms with Crippen LogP contribution < -0.4 is 5.32 Å². The fraction of sp³-hybridized carbons (Fsp3) is 0.632. The molecule has 1 aliphatic carbocycles. The van der Waals surface area contributed by atoms with Crippen molar-refractivity contribution in [1.82, 2.24) is 14.5 Å². The van der Waals surface area contributed by atoms with Gasteiger partial charge >= 0.3 is 0 Å². The molecule has 1 saturated carbocycles. The van der Waals surface area contributed by atoms with E-state index in [1.54, 1.807) is 0 Å². The Morgan fingerprint density at radius 3 is 2.30 bits per heavy atom. The Morgan fingerprint density at radius 2 is 1.67 bits per heavy atom. The molecule has 1 N–H and O–H groups in total. The molecule has 1 amide bonds. The summed E-state index contributed by atoms with van der Waals surface area (Å²) in [6, 6.07) is 4.88. The second-order valence-corrected chi connectivity index (χ2v) is 9.38. The summed E-state index contributed by atoms with van der Waals surface area (Å²) in [4.78, 5) is 14.2. The third kappa shape index (κ3) is 5.49. The van der Waals surface area contributed by atoms with Crippen LogP contribution in [-0.4, -0.2) is 62.8 Å². The Bertz CT molecular complexity index is 725. The minimum absolute atomic E-state index is 0.00964. The molecule has 27 heavy (non-hydrogen) atoms. The van der Waals surface area contributed by atoms with Crippen LogP contribution in [0.5, 0.6) is 0 Å².